The van der Waals surface area contributed by atoms with E-state index in [1.54, 1.807) is 0 Å². The maximum atomic E-state index is 12.5. The van der Waals surface area contributed by atoms with Gasteiger partial charge in [-0.3, -0.25) is 14.5 Å². The number of likely N-dealkylation sites (tertiary alicyclic amines) is 1. The van der Waals surface area contributed by atoms with Gasteiger partial charge in [0.25, 0.3) is 11.8 Å². The third-order valence-corrected chi connectivity index (χ3v) is 4.13. The van der Waals surface area contributed by atoms with Crippen molar-refractivity contribution in [1.82, 2.24) is 9.80 Å². The molecule has 1 unspecified atom stereocenters. The van der Waals surface area contributed by atoms with Crippen LogP contribution in [0.25, 0.3) is 0 Å². The zero-order valence-corrected chi connectivity index (χ0v) is 11.7. The first-order valence-corrected chi connectivity index (χ1v) is 6.93. The van der Waals surface area contributed by atoms with Gasteiger partial charge in [0.15, 0.2) is 0 Å². The Bertz CT molecular complexity index is 641. The number of hydrogen-bond acceptors (Lipinski definition) is 4. The Kier molecular flexibility index (Phi) is 3.25. The number of carboxylic acid groups (broad SMARTS) is 1. The number of amides is 2. The van der Waals surface area contributed by atoms with Crippen LogP contribution in [0.2, 0.25) is 0 Å². The molecule has 0 radical (unpaired) electrons. The van der Waals surface area contributed by atoms with Crippen LogP contribution >= 0.6 is 0 Å². The number of likely N-dealkylation sites (N-methyl/N-ethyl adjacent to an activating group) is 1. The van der Waals surface area contributed by atoms with E-state index in [1.165, 1.54) is 23.1 Å². The van der Waals surface area contributed by atoms with E-state index in [9.17, 15) is 14.4 Å². The summed E-state index contributed by atoms with van der Waals surface area (Å²) in [5.74, 6) is -1.79. The van der Waals surface area contributed by atoms with E-state index >= 15 is 0 Å². The van der Waals surface area contributed by atoms with Crippen LogP contribution in [0, 0.1) is 0 Å². The number of carbonyl (C=O) groups excluding carboxylic acids is 2. The lowest BCUT2D eigenvalue weighted by molar-refractivity contribution is 0.0502. The Morgan fingerprint density at radius 3 is 2.62 bits per heavy atom. The first kappa shape index (κ1) is 13.8. The van der Waals surface area contributed by atoms with Crippen molar-refractivity contribution < 1.29 is 19.5 Å². The van der Waals surface area contributed by atoms with Crippen LogP contribution < -0.4 is 0 Å². The highest BCUT2D eigenvalue weighted by molar-refractivity contribution is 6.22. The van der Waals surface area contributed by atoms with Crippen LogP contribution in [-0.2, 0) is 0 Å². The number of hydrogen-bond donors (Lipinski definition) is 1. The molecule has 21 heavy (non-hydrogen) atoms. The Hall–Kier alpha value is -2.21. The highest BCUT2D eigenvalue weighted by Crippen LogP contribution is 2.28. The molecule has 2 heterocycles. The second-order valence-electron chi connectivity index (χ2n) is 5.60. The molecule has 0 bridgehead atoms. The largest absolute Gasteiger partial charge is 0.478 e. The summed E-state index contributed by atoms with van der Waals surface area (Å²) < 4.78 is 0. The number of carbonyl (C=O) groups is 3. The van der Waals surface area contributed by atoms with E-state index in [2.05, 4.69) is 4.90 Å². The number of nitrogens with zero attached hydrogens (tertiary/aromatic N) is 2. The van der Waals surface area contributed by atoms with Crippen LogP contribution in [0.15, 0.2) is 18.2 Å². The van der Waals surface area contributed by atoms with Crippen molar-refractivity contribution in [3.05, 3.63) is 34.9 Å². The Morgan fingerprint density at radius 1 is 1.24 bits per heavy atom. The lowest BCUT2D eigenvalue weighted by Crippen LogP contribution is -2.49. The molecule has 1 saturated heterocycles. The molecule has 110 valence electrons. The second-order valence-corrected chi connectivity index (χ2v) is 5.60. The molecule has 2 aliphatic rings. The number of piperidine rings is 1. The molecular weight excluding hydrogens is 272 g/mol. The maximum absolute atomic E-state index is 12.5. The summed E-state index contributed by atoms with van der Waals surface area (Å²) in [5.41, 5.74) is 0.531. The average Bonchev–Trinajstić information content (AvgIpc) is 2.70. The van der Waals surface area contributed by atoms with Gasteiger partial charge in [0.1, 0.15) is 0 Å². The smallest absolute Gasteiger partial charge is 0.335 e. The average molecular weight is 288 g/mol. The number of rotatable bonds is 2. The number of benzene rings is 1. The minimum atomic E-state index is -1.10. The van der Waals surface area contributed by atoms with Gasteiger partial charge >= 0.3 is 5.97 Å². The summed E-state index contributed by atoms with van der Waals surface area (Å²) in [6.45, 7) is 1.63. The van der Waals surface area contributed by atoms with Crippen molar-refractivity contribution in [2.75, 3.05) is 20.1 Å². The van der Waals surface area contributed by atoms with E-state index in [0.29, 0.717) is 12.1 Å². The minimum absolute atomic E-state index is 0.0255. The number of carboxylic acids is 1. The van der Waals surface area contributed by atoms with Gasteiger partial charge in [-0.15, -0.1) is 0 Å². The highest BCUT2D eigenvalue weighted by Gasteiger charge is 2.41. The summed E-state index contributed by atoms with van der Waals surface area (Å²) in [5, 5.41) is 9.00. The number of aromatic carboxylic acids is 1. The van der Waals surface area contributed by atoms with Crippen LogP contribution in [0.5, 0.6) is 0 Å². The van der Waals surface area contributed by atoms with Gasteiger partial charge in [0.05, 0.1) is 22.7 Å². The summed E-state index contributed by atoms with van der Waals surface area (Å²) in [7, 11) is 1.97. The second kappa shape index (κ2) is 4.96. The van der Waals surface area contributed by atoms with Gasteiger partial charge < -0.3 is 10.0 Å². The molecule has 1 aromatic rings. The van der Waals surface area contributed by atoms with Crippen molar-refractivity contribution in [1.29, 1.82) is 0 Å². The third kappa shape index (κ3) is 2.21. The van der Waals surface area contributed by atoms with Gasteiger partial charge in [-0.25, -0.2) is 4.79 Å². The van der Waals surface area contributed by atoms with Crippen molar-refractivity contribution in [2.24, 2.45) is 0 Å². The summed E-state index contributed by atoms with van der Waals surface area (Å²) in [6.07, 6.45) is 1.73. The molecule has 0 aliphatic carbocycles. The highest BCUT2D eigenvalue weighted by atomic mass is 16.4. The molecular formula is C15H16N2O4. The van der Waals surface area contributed by atoms with Gasteiger partial charge in [-0.05, 0) is 44.6 Å². The molecule has 0 saturated carbocycles. The van der Waals surface area contributed by atoms with E-state index < -0.39 is 5.97 Å². The lowest BCUT2D eigenvalue weighted by atomic mass is 10.0. The number of imide groups is 1. The first-order chi connectivity index (χ1) is 9.99. The predicted molar refractivity (Wildman–Crippen MR) is 74.4 cm³/mol. The lowest BCUT2D eigenvalue weighted by Gasteiger charge is -2.34. The molecule has 1 N–H and O–H groups in total. The van der Waals surface area contributed by atoms with Gasteiger partial charge in [-0.2, -0.15) is 0 Å². The molecule has 0 spiro atoms. The fourth-order valence-electron chi connectivity index (χ4n) is 3.07. The normalized spacial score (nSPS) is 22.5. The summed E-state index contributed by atoms with van der Waals surface area (Å²) in [4.78, 5) is 39.3. The van der Waals surface area contributed by atoms with Crippen LogP contribution in [0.3, 0.4) is 0 Å². The van der Waals surface area contributed by atoms with E-state index in [4.69, 9.17) is 5.11 Å². The van der Waals surface area contributed by atoms with Crippen LogP contribution in [0.4, 0.5) is 0 Å². The van der Waals surface area contributed by atoms with Crippen molar-refractivity contribution in [3.8, 4) is 0 Å². The molecule has 1 aromatic carbocycles. The van der Waals surface area contributed by atoms with Crippen LogP contribution in [-0.4, -0.2) is 58.9 Å². The van der Waals surface area contributed by atoms with Crippen molar-refractivity contribution in [2.45, 2.75) is 18.9 Å². The number of fused-ring (bicyclic) bond motifs is 1. The van der Waals surface area contributed by atoms with Gasteiger partial charge in [0.2, 0.25) is 0 Å². The zero-order chi connectivity index (χ0) is 15.1. The Labute approximate surface area is 122 Å². The molecule has 6 nitrogen and oxygen atoms in total. The molecule has 6 heteroatoms. The standard InChI is InChI=1S/C15H16N2O4/c1-16-6-2-3-10(8-16)17-13(18)11-5-4-9(15(20)21)7-12(11)14(17)19/h4-5,7,10H,2-3,6,8H2,1H3,(H,20,21). The molecule has 3 rings (SSSR count). The SMILES string of the molecule is CN1CCCC(N2C(=O)c3ccc(C(=O)O)cc3C2=O)C1. The zero-order valence-electron chi connectivity index (χ0n) is 11.7. The van der Waals surface area contributed by atoms with Crippen LogP contribution in [0.1, 0.15) is 43.9 Å². The quantitative estimate of drug-likeness (QED) is 0.824. The first-order valence-electron chi connectivity index (χ1n) is 6.93. The summed E-state index contributed by atoms with van der Waals surface area (Å²) >= 11 is 0. The topological polar surface area (TPSA) is 77.9 Å². The molecule has 1 fully saturated rings. The Morgan fingerprint density at radius 2 is 1.95 bits per heavy atom. The summed E-state index contributed by atoms with van der Waals surface area (Å²) in [6, 6.07) is 3.96. The monoisotopic (exact) mass is 288 g/mol. The van der Waals surface area contributed by atoms with E-state index in [0.717, 1.165) is 19.4 Å². The van der Waals surface area contributed by atoms with Gasteiger partial charge in [-0.1, -0.05) is 0 Å². The predicted octanol–water partition coefficient (Wildman–Crippen LogP) is 1.08. The minimum Gasteiger partial charge on any atom is -0.478 e. The fourth-order valence-corrected chi connectivity index (χ4v) is 3.07. The van der Waals surface area contributed by atoms with Gasteiger partial charge in [0, 0.05) is 6.54 Å². The fraction of sp³-hybridized carbons (Fsp3) is 0.400. The van der Waals surface area contributed by atoms with E-state index in [-0.39, 0.29) is 29.0 Å². The molecule has 1 atom stereocenters. The maximum Gasteiger partial charge on any atom is 0.335 e. The molecule has 0 aromatic heterocycles. The molecule has 2 aliphatic heterocycles. The van der Waals surface area contributed by atoms with Crippen molar-refractivity contribution >= 4 is 17.8 Å². The Balaban J connectivity index is 1.94. The molecule has 2 amide bonds. The van der Waals surface area contributed by atoms with Crippen molar-refractivity contribution in [3.63, 3.8) is 0 Å². The third-order valence-electron chi connectivity index (χ3n) is 4.13. The van der Waals surface area contributed by atoms with E-state index in [1.807, 2.05) is 7.05 Å².